The molecule has 0 aliphatic carbocycles. The van der Waals surface area contributed by atoms with Gasteiger partial charge >= 0.3 is 0 Å². The molecule has 5 heteroatoms. The number of nitro benzene ring substituents is 1. The zero-order valence-corrected chi connectivity index (χ0v) is 12.6. The first-order chi connectivity index (χ1) is 10.5. The van der Waals surface area contributed by atoms with Crippen molar-refractivity contribution in [3.8, 4) is 5.75 Å². The van der Waals surface area contributed by atoms with Crippen LogP contribution in [0.1, 0.15) is 37.3 Å². The van der Waals surface area contributed by atoms with E-state index in [2.05, 4.69) is 18.8 Å². The van der Waals surface area contributed by atoms with Crippen molar-refractivity contribution in [3.63, 3.8) is 0 Å². The van der Waals surface area contributed by atoms with Crippen molar-refractivity contribution in [2.75, 3.05) is 0 Å². The minimum absolute atomic E-state index is 0.0365. The van der Waals surface area contributed by atoms with Gasteiger partial charge in [0, 0.05) is 23.9 Å². The van der Waals surface area contributed by atoms with Crippen LogP contribution in [0.4, 0.5) is 11.4 Å². The fourth-order valence-corrected chi connectivity index (χ4v) is 2.03. The summed E-state index contributed by atoms with van der Waals surface area (Å²) >= 11 is 0. The van der Waals surface area contributed by atoms with Gasteiger partial charge in [0.05, 0.1) is 10.6 Å². The number of benzene rings is 2. The van der Waals surface area contributed by atoms with E-state index in [-0.39, 0.29) is 11.4 Å². The van der Waals surface area contributed by atoms with Gasteiger partial charge in [-0.1, -0.05) is 26.0 Å². The molecule has 0 saturated carbocycles. The third-order valence-electron chi connectivity index (χ3n) is 3.65. The van der Waals surface area contributed by atoms with Crippen molar-refractivity contribution < 1.29 is 10.0 Å². The number of nitrogens with zero attached hydrogens (tertiary/aromatic N) is 2. The van der Waals surface area contributed by atoms with Crippen LogP contribution < -0.4 is 0 Å². The van der Waals surface area contributed by atoms with Gasteiger partial charge < -0.3 is 5.11 Å². The molecule has 0 spiro atoms. The normalized spacial score (nSPS) is 12.5. The van der Waals surface area contributed by atoms with Gasteiger partial charge in [0.2, 0.25) is 0 Å². The zero-order chi connectivity index (χ0) is 16.1. The Labute approximate surface area is 129 Å². The summed E-state index contributed by atoms with van der Waals surface area (Å²) < 4.78 is 0. The molecule has 0 radical (unpaired) electrons. The highest BCUT2D eigenvalue weighted by Crippen LogP contribution is 2.24. The molecule has 22 heavy (non-hydrogen) atoms. The van der Waals surface area contributed by atoms with Gasteiger partial charge in [0.25, 0.3) is 5.69 Å². The number of aliphatic imine (C=N–C) groups is 1. The highest BCUT2D eigenvalue weighted by Gasteiger charge is 2.08. The number of hydrogen-bond donors (Lipinski definition) is 1. The van der Waals surface area contributed by atoms with E-state index in [4.69, 9.17) is 0 Å². The summed E-state index contributed by atoms with van der Waals surface area (Å²) in [6.07, 6.45) is 2.50. The minimum atomic E-state index is -0.502. The maximum Gasteiger partial charge on any atom is 0.270 e. The topological polar surface area (TPSA) is 75.7 Å². The molecule has 0 aliphatic rings. The number of nitro groups is 1. The molecular formula is C17H18N2O3. The first-order valence-electron chi connectivity index (χ1n) is 7.12. The second-order valence-electron chi connectivity index (χ2n) is 5.16. The van der Waals surface area contributed by atoms with Crippen LogP contribution in [-0.4, -0.2) is 16.2 Å². The van der Waals surface area contributed by atoms with Gasteiger partial charge in [-0.2, -0.15) is 0 Å². The maximum absolute atomic E-state index is 10.7. The molecule has 1 N–H and O–H groups in total. The smallest absolute Gasteiger partial charge is 0.270 e. The standard InChI is InChI=1S/C17H18N2O3/c1-3-12(2)13-4-6-15(7-5-13)18-11-14-10-16(19(21)22)8-9-17(14)20/h4-12,20H,3H2,1-2H3/t12-/m0/s1. The lowest BCUT2D eigenvalue weighted by Crippen LogP contribution is -1.91. The van der Waals surface area contributed by atoms with Gasteiger partial charge in [-0.25, -0.2) is 0 Å². The van der Waals surface area contributed by atoms with Crippen LogP contribution in [0.15, 0.2) is 47.5 Å². The molecule has 0 saturated heterocycles. The molecule has 2 rings (SSSR count). The number of aromatic hydroxyl groups is 1. The van der Waals surface area contributed by atoms with Crippen LogP contribution in [-0.2, 0) is 0 Å². The van der Waals surface area contributed by atoms with E-state index >= 15 is 0 Å². The van der Waals surface area contributed by atoms with Gasteiger partial charge in [0.1, 0.15) is 5.75 Å². The second kappa shape index (κ2) is 6.85. The summed E-state index contributed by atoms with van der Waals surface area (Å²) in [5.74, 6) is 0.462. The number of hydrogen-bond acceptors (Lipinski definition) is 4. The predicted molar refractivity (Wildman–Crippen MR) is 87.2 cm³/mol. The summed E-state index contributed by atoms with van der Waals surface area (Å²) in [5.41, 5.74) is 2.23. The Kier molecular flexibility index (Phi) is 4.88. The lowest BCUT2D eigenvalue weighted by atomic mass is 9.99. The van der Waals surface area contributed by atoms with Crippen molar-refractivity contribution in [1.29, 1.82) is 0 Å². The Morgan fingerprint density at radius 1 is 1.27 bits per heavy atom. The first kappa shape index (κ1) is 15.7. The molecule has 0 bridgehead atoms. The molecule has 0 amide bonds. The van der Waals surface area contributed by atoms with E-state index in [1.54, 1.807) is 0 Å². The summed E-state index contributed by atoms with van der Waals surface area (Å²) in [6.45, 7) is 4.31. The monoisotopic (exact) mass is 298 g/mol. The second-order valence-corrected chi connectivity index (χ2v) is 5.16. The molecule has 2 aromatic carbocycles. The molecule has 114 valence electrons. The largest absolute Gasteiger partial charge is 0.507 e. The minimum Gasteiger partial charge on any atom is -0.507 e. The van der Waals surface area contributed by atoms with E-state index in [1.165, 1.54) is 30.0 Å². The first-order valence-corrected chi connectivity index (χ1v) is 7.12. The lowest BCUT2D eigenvalue weighted by molar-refractivity contribution is -0.384. The number of phenols is 1. The Morgan fingerprint density at radius 2 is 1.95 bits per heavy atom. The highest BCUT2D eigenvalue weighted by atomic mass is 16.6. The quantitative estimate of drug-likeness (QED) is 0.499. The van der Waals surface area contributed by atoms with Crippen molar-refractivity contribution >= 4 is 17.6 Å². The molecule has 0 heterocycles. The zero-order valence-electron chi connectivity index (χ0n) is 12.6. The Balaban J connectivity index is 2.21. The third-order valence-corrected chi connectivity index (χ3v) is 3.65. The maximum atomic E-state index is 10.7. The molecule has 0 aliphatic heterocycles. The fraction of sp³-hybridized carbons (Fsp3) is 0.235. The molecule has 0 aromatic heterocycles. The summed E-state index contributed by atoms with van der Waals surface area (Å²) in [6, 6.07) is 11.7. The average molecular weight is 298 g/mol. The van der Waals surface area contributed by atoms with E-state index in [9.17, 15) is 15.2 Å². The lowest BCUT2D eigenvalue weighted by Gasteiger charge is -2.08. The van der Waals surface area contributed by atoms with Crippen LogP contribution in [0.3, 0.4) is 0 Å². The molecule has 1 atom stereocenters. The van der Waals surface area contributed by atoms with Gasteiger partial charge in [0.15, 0.2) is 0 Å². The van der Waals surface area contributed by atoms with E-state index in [0.29, 0.717) is 11.5 Å². The van der Waals surface area contributed by atoms with Crippen LogP contribution in [0, 0.1) is 10.1 Å². The third kappa shape index (κ3) is 3.69. The van der Waals surface area contributed by atoms with E-state index in [0.717, 1.165) is 12.1 Å². The molecule has 0 fully saturated rings. The Morgan fingerprint density at radius 3 is 2.55 bits per heavy atom. The van der Waals surface area contributed by atoms with Gasteiger partial charge in [-0.3, -0.25) is 15.1 Å². The van der Waals surface area contributed by atoms with Crippen molar-refractivity contribution in [3.05, 3.63) is 63.7 Å². The summed E-state index contributed by atoms with van der Waals surface area (Å²) in [7, 11) is 0. The molecule has 5 nitrogen and oxygen atoms in total. The van der Waals surface area contributed by atoms with Crippen molar-refractivity contribution in [1.82, 2.24) is 0 Å². The molecular weight excluding hydrogens is 280 g/mol. The van der Waals surface area contributed by atoms with E-state index in [1.807, 2.05) is 24.3 Å². The fourth-order valence-electron chi connectivity index (χ4n) is 2.03. The van der Waals surface area contributed by atoms with Gasteiger partial charge in [-0.05, 0) is 36.1 Å². The predicted octanol–water partition coefficient (Wildman–Crippen LogP) is 4.56. The van der Waals surface area contributed by atoms with Crippen LogP contribution in [0.5, 0.6) is 5.75 Å². The average Bonchev–Trinajstić information content (AvgIpc) is 2.53. The number of phenolic OH excluding ortho intramolecular Hbond substituents is 1. The molecule has 0 unspecified atom stereocenters. The van der Waals surface area contributed by atoms with Crippen LogP contribution in [0.2, 0.25) is 0 Å². The number of rotatable bonds is 5. The van der Waals surface area contributed by atoms with Crippen LogP contribution >= 0.6 is 0 Å². The SMILES string of the molecule is CC[C@H](C)c1ccc(N=Cc2cc([N+](=O)[O-])ccc2O)cc1. The van der Waals surface area contributed by atoms with E-state index < -0.39 is 4.92 Å². The Hall–Kier alpha value is -2.69. The number of non-ortho nitro benzene ring substituents is 1. The summed E-state index contributed by atoms with van der Waals surface area (Å²) in [5, 5.41) is 20.5. The highest BCUT2D eigenvalue weighted by molar-refractivity contribution is 5.86. The van der Waals surface area contributed by atoms with Crippen molar-refractivity contribution in [2.24, 2.45) is 4.99 Å². The molecule has 2 aromatic rings. The van der Waals surface area contributed by atoms with Gasteiger partial charge in [-0.15, -0.1) is 0 Å². The Bertz CT molecular complexity index is 694. The van der Waals surface area contributed by atoms with Crippen molar-refractivity contribution in [2.45, 2.75) is 26.2 Å². The van der Waals surface area contributed by atoms with Crippen LogP contribution in [0.25, 0.3) is 0 Å². The summed E-state index contributed by atoms with van der Waals surface area (Å²) in [4.78, 5) is 14.5.